The van der Waals surface area contributed by atoms with Gasteiger partial charge in [-0.05, 0) is 19.0 Å². The standard InChI is InChI=1S/C12H18N2O4/c15-12(16)10-2-3-11(18-10)13-4-1-5-14-6-8-17-9-7-14/h2-3,13H,1,4-9H2,(H,15,16). The molecule has 0 radical (unpaired) electrons. The summed E-state index contributed by atoms with van der Waals surface area (Å²) < 4.78 is 10.4. The molecule has 18 heavy (non-hydrogen) atoms. The highest BCUT2D eigenvalue weighted by Gasteiger charge is 2.10. The molecule has 2 heterocycles. The normalized spacial score (nSPS) is 16.7. The second-order valence-corrected chi connectivity index (χ2v) is 4.20. The molecule has 6 nitrogen and oxygen atoms in total. The molecule has 6 heteroatoms. The molecule has 2 N–H and O–H groups in total. The highest BCUT2D eigenvalue weighted by atomic mass is 16.5. The third kappa shape index (κ3) is 3.75. The predicted octanol–water partition coefficient (Wildman–Crippen LogP) is 1.11. The molecule has 0 amide bonds. The summed E-state index contributed by atoms with van der Waals surface area (Å²) in [5, 5.41) is 11.8. The average molecular weight is 254 g/mol. The molecule has 0 unspecified atom stereocenters. The number of nitrogens with one attached hydrogen (secondary N) is 1. The van der Waals surface area contributed by atoms with Crippen molar-refractivity contribution in [2.24, 2.45) is 0 Å². The lowest BCUT2D eigenvalue weighted by molar-refractivity contribution is 0.0378. The smallest absolute Gasteiger partial charge is 0.371 e. The van der Waals surface area contributed by atoms with Gasteiger partial charge < -0.3 is 19.6 Å². The number of ether oxygens (including phenoxy) is 1. The molecule has 2 rings (SSSR count). The summed E-state index contributed by atoms with van der Waals surface area (Å²) in [6.07, 6.45) is 0.989. The lowest BCUT2D eigenvalue weighted by Gasteiger charge is -2.26. The maximum atomic E-state index is 10.6. The maximum absolute atomic E-state index is 10.6. The molecular weight excluding hydrogens is 236 g/mol. The minimum absolute atomic E-state index is 0.0364. The van der Waals surface area contributed by atoms with Crippen LogP contribution in [0, 0.1) is 0 Å². The van der Waals surface area contributed by atoms with Crippen LogP contribution in [0.1, 0.15) is 17.0 Å². The van der Waals surface area contributed by atoms with E-state index in [4.69, 9.17) is 14.3 Å². The van der Waals surface area contributed by atoms with E-state index < -0.39 is 5.97 Å². The minimum Gasteiger partial charge on any atom is -0.475 e. The number of aromatic carboxylic acids is 1. The zero-order valence-electron chi connectivity index (χ0n) is 10.2. The van der Waals surface area contributed by atoms with E-state index in [0.717, 1.165) is 45.8 Å². The van der Waals surface area contributed by atoms with Crippen molar-refractivity contribution in [3.63, 3.8) is 0 Å². The molecule has 1 aliphatic heterocycles. The number of morpholine rings is 1. The van der Waals surface area contributed by atoms with Gasteiger partial charge >= 0.3 is 5.97 Å². The van der Waals surface area contributed by atoms with Gasteiger partial charge in [-0.3, -0.25) is 4.90 Å². The van der Waals surface area contributed by atoms with E-state index >= 15 is 0 Å². The van der Waals surface area contributed by atoms with Crippen LogP contribution < -0.4 is 5.32 Å². The van der Waals surface area contributed by atoms with Crippen molar-refractivity contribution in [2.45, 2.75) is 6.42 Å². The Balaban J connectivity index is 1.63. The first-order chi connectivity index (χ1) is 8.75. The molecule has 1 aliphatic rings. The third-order valence-corrected chi connectivity index (χ3v) is 2.87. The third-order valence-electron chi connectivity index (χ3n) is 2.87. The van der Waals surface area contributed by atoms with Crippen molar-refractivity contribution in [1.29, 1.82) is 0 Å². The molecule has 1 saturated heterocycles. The summed E-state index contributed by atoms with van der Waals surface area (Å²) >= 11 is 0. The van der Waals surface area contributed by atoms with Crippen molar-refractivity contribution in [2.75, 3.05) is 44.7 Å². The minimum atomic E-state index is -1.05. The van der Waals surface area contributed by atoms with E-state index in [0.29, 0.717) is 5.88 Å². The van der Waals surface area contributed by atoms with E-state index in [2.05, 4.69) is 10.2 Å². The number of hydrogen-bond donors (Lipinski definition) is 2. The van der Waals surface area contributed by atoms with Crippen LogP contribution in [-0.2, 0) is 4.74 Å². The van der Waals surface area contributed by atoms with E-state index in [1.54, 1.807) is 6.07 Å². The second kappa shape index (κ2) is 6.42. The van der Waals surface area contributed by atoms with Crippen molar-refractivity contribution in [3.05, 3.63) is 17.9 Å². The van der Waals surface area contributed by atoms with Gasteiger partial charge in [0, 0.05) is 25.7 Å². The lowest BCUT2D eigenvalue weighted by Crippen LogP contribution is -2.37. The Labute approximate surface area is 106 Å². The first-order valence-corrected chi connectivity index (χ1v) is 6.13. The molecule has 1 fully saturated rings. The van der Waals surface area contributed by atoms with Crippen molar-refractivity contribution < 1.29 is 19.1 Å². The summed E-state index contributed by atoms with van der Waals surface area (Å²) in [5.41, 5.74) is 0. The van der Waals surface area contributed by atoms with Crippen LogP contribution in [0.3, 0.4) is 0 Å². The van der Waals surface area contributed by atoms with Crippen LogP contribution in [0.25, 0.3) is 0 Å². The Morgan fingerprint density at radius 2 is 2.17 bits per heavy atom. The molecule has 0 aromatic carbocycles. The zero-order valence-corrected chi connectivity index (χ0v) is 10.2. The van der Waals surface area contributed by atoms with Crippen molar-refractivity contribution in [1.82, 2.24) is 4.90 Å². The number of carboxylic acids is 1. The Kier molecular flexibility index (Phi) is 4.60. The number of carboxylic acid groups (broad SMARTS) is 1. The number of anilines is 1. The molecule has 0 bridgehead atoms. The van der Waals surface area contributed by atoms with E-state index in [9.17, 15) is 4.79 Å². The first-order valence-electron chi connectivity index (χ1n) is 6.13. The number of furan rings is 1. The molecule has 0 atom stereocenters. The quantitative estimate of drug-likeness (QED) is 0.741. The summed E-state index contributed by atoms with van der Waals surface area (Å²) in [4.78, 5) is 13.0. The monoisotopic (exact) mass is 254 g/mol. The van der Waals surface area contributed by atoms with Gasteiger partial charge in [-0.25, -0.2) is 4.79 Å². The average Bonchev–Trinajstić information content (AvgIpc) is 2.85. The topological polar surface area (TPSA) is 74.9 Å². The predicted molar refractivity (Wildman–Crippen MR) is 66.0 cm³/mol. The summed E-state index contributed by atoms with van der Waals surface area (Å²) in [6, 6.07) is 3.09. The summed E-state index contributed by atoms with van der Waals surface area (Å²) in [5.74, 6) is -0.573. The maximum Gasteiger partial charge on any atom is 0.371 e. The second-order valence-electron chi connectivity index (χ2n) is 4.20. The van der Waals surface area contributed by atoms with Gasteiger partial charge in [0.05, 0.1) is 13.2 Å². The summed E-state index contributed by atoms with van der Waals surface area (Å²) in [6.45, 7) is 5.39. The van der Waals surface area contributed by atoms with E-state index in [-0.39, 0.29) is 5.76 Å². The molecule has 0 saturated carbocycles. The fourth-order valence-corrected chi connectivity index (χ4v) is 1.89. The van der Waals surface area contributed by atoms with Crippen LogP contribution in [-0.4, -0.2) is 55.4 Å². The van der Waals surface area contributed by atoms with Gasteiger partial charge in [0.25, 0.3) is 0 Å². The Bertz CT molecular complexity index is 385. The van der Waals surface area contributed by atoms with Crippen LogP contribution in [0.4, 0.5) is 5.88 Å². The fraction of sp³-hybridized carbons (Fsp3) is 0.583. The Hall–Kier alpha value is -1.53. The molecule has 0 spiro atoms. The highest BCUT2D eigenvalue weighted by Crippen LogP contribution is 2.13. The Morgan fingerprint density at radius 3 is 2.83 bits per heavy atom. The lowest BCUT2D eigenvalue weighted by atomic mass is 10.3. The highest BCUT2D eigenvalue weighted by molar-refractivity contribution is 5.84. The molecule has 0 aliphatic carbocycles. The number of nitrogens with zero attached hydrogens (tertiary/aromatic N) is 1. The van der Waals surface area contributed by atoms with Crippen molar-refractivity contribution >= 4 is 11.9 Å². The van der Waals surface area contributed by atoms with Gasteiger partial charge in [-0.1, -0.05) is 0 Å². The van der Waals surface area contributed by atoms with E-state index in [1.165, 1.54) is 6.07 Å². The largest absolute Gasteiger partial charge is 0.475 e. The van der Waals surface area contributed by atoms with E-state index in [1.807, 2.05) is 0 Å². The van der Waals surface area contributed by atoms with Crippen LogP contribution >= 0.6 is 0 Å². The number of carbonyl (C=O) groups is 1. The zero-order chi connectivity index (χ0) is 12.8. The summed E-state index contributed by atoms with van der Waals surface area (Å²) in [7, 11) is 0. The molecule has 1 aromatic rings. The molecule has 100 valence electrons. The van der Waals surface area contributed by atoms with Gasteiger partial charge in [0.1, 0.15) is 0 Å². The van der Waals surface area contributed by atoms with Gasteiger partial charge in [-0.2, -0.15) is 0 Å². The molecule has 1 aromatic heterocycles. The number of hydrogen-bond acceptors (Lipinski definition) is 5. The Morgan fingerprint density at radius 1 is 1.39 bits per heavy atom. The SMILES string of the molecule is O=C(O)c1ccc(NCCCN2CCOCC2)o1. The van der Waals surface area contributed by atoms with Crippen molar-refractivity contribution in [3.8, 4) is 0 Å². The molecular formula is C12H18N2O4. The van der Waals surface area contributed by atoms with Crippen LogP contribution in [0.5, 0.6) is 0 Å². The fourth-order valence-electron chi connectivity index (χ4n) is 1.89. The van der Waals surface area contributed by atoms with Gasteiger partial charge in [0.15, 0.2) is 5.88 Å². The van der Waals surface area contributed by atoms with Gasteiger partial charge in [0.2, 0.25) is 5.76 Å². The van der Waals surface area contributed by atoms with Crippen LogP contribution in [0.2, 0.25) is 0 Å². The van der Waals surface area contributed by atoms with Gasteiger partial charge in [-0.15, -0.1) is 0 Å². The first kappa shape index (κ1) is 12.9. The number of rotatable bonds is 6. The van der Waals surface area contributed by atoms with Crippen LogP contribution in [0.15, 0.2) is 16.5 Å².